The number of hydrogen-bond acceptors (Lipinski definition) is 6. The Bertz CT molecular complexity index is 1810. The topological polar surface area (TPSA) is 151 Å². The minimum Gasteiger partial charge on any atom is -0.404 e. The number of pyridine rings is 2. The number of rotatable bonds is 8. The number of nitrogens with zero attached hydrogens (tertiary/aromatic N) is 3. The number of carbonyl (C=O) groups is 1. The summed E-state index contributed by atoms with van der Waals surface area (Å²) in [6.07, 6.45) is 18.0. The van der Waals surface area contributed by atoms with Gasteiger partial charge in [0.25, 0.3) is 0 Å². The van der Waals surface area contributed by atoms with Crippen LogP contribution in [-0.4, -0.2) is 31.1 Å². The lowest BCUT2D eigenvalue weighted by Gasteiger charge is -2.10. The standard InChI is InChI=1S/C33H34N8O/c1-19(2)10-31(42)38-25(11-20-5-6-20)12-22(16-34)23-13-28-32(40-41-33(28)37-18-23)30-15-27-26(21-4-3-9-36-17-21)8-7-24(35)14-29(27)39-30/h3-4,7-9,11-13,15-19,39H,5-6,10,14,34-35H2,1-2H3,(H,38,42)(H,37,40,41)/b22-16+,25-12+. The fraction of sp³-hybridized carbons (Fsp3) is 0.212. The Morgan fingerprint density at radius 2 is 2.05 bits per heavy atom. The second-order valence-corrected chi connectivity index (χ2v) is 11.2. The van der Waals surface area contributed by atoms with Gasteiger partial charge >= 0.3 is 0 Å². The van der Waals surface area contributed by atoms with E-state index in [9.17, 15) is 4.79 Å². The molecule has 1 fully saturated rings. The van der Waals surface area contributed by atoms with Gasteiger partial charge in [0.05, 0.1) is 11.4 Å². The number of aromatic amines is 2. The summed E-state index contributed by atoms with van der Waals surface area (Å²) in [5, 5.41) is 11.5. The predicted molar refractivity (Wildman–Crippen MR) is 166 cm³/mol. The molecule has 1 saturated carbocycles. The van der Waals surface area contributed by atoms with Crippen LogP contribution in [0, 0.1) is 5.92 Å². The molecule has 6 rings (SSSR count). The van der Waals surface area contributed by atoms with Crippen LogP contribution in [0.25, 0.3) is 33.6 Å². The van der Waals surface area contributed by atoms with Gasteiger partial charge in [-0.05, 0) is 60.8 Å². The van der Waals surface area contributed by atoms with Crippen LogP contribution in [0.1, 0.15) is 55.5 Å². The number of nitrogens with two attached hydrogens (primary N) is 2. The van der Waals surface area contributed by atoms with Crippen molar-refractivity contribution in [2.24, 2.45) is 17.4 Å². The number of hydrogen-bond donors (Lipinski definition) is 5. The molecule has 0 spiro atoms. The zero-order chi connectivity index (χ0) is 29.2. The van der Waals surface area contributed by atoms with E-state index in [1.807, 2.05) is 62.5 Å². The summed E-state index contributed by atoms with van der Waals surface area (Å²) < 4.78 is 0. The summed E-state index contributed by atoms with van der Waals surface area (Å²) in [6, 6.07) is 8.10. The van der Waals surface area contributed by atoms with E-state index in [0.29, 0.717) is 18.5 Å². The van der Waals surface area contributed by atoms with Gasteiger partial charge < -0.3 is 21.8 Å². The van der Waals surface area contributed by atoms with Crippen LogP contribution in [0.5, 0.6) is 0 Å². The Kier molecular flexibility index (Phi) is 7.31. The average Bonchev–Trinajstić information content (AvgIpc) is 3.58. The van der Waals surface area contributed by atoms with E-state index in [1.54, 1.807) is 18.6 Å². The van der Waals surface area contributed by atoms with Gasteiger partial charge in [-0.2, -0.15) is 5.10 Å². The van der Waals surface area contributed by atoms with Crippen molar-refractivity contribution in [2.45, 2.75) is 39.5 Å². The maximum Gasteiger partial charge on any atom is 0.224 e. The fourth-order valence-corrected chi connectivity index (χ4v) is 5.12. The lowest BCUT2D eigenvalue weighted by atomic mass is 9.99. The first-order chi connectivity index (χ1) is 20.4. The Hall–Kier alpha value is -5.18. The minimum absolute atomic E-state index is 0.0162. The Labute approximate surface area is 244 Å². The van der Waals surface area contributed by atoms with Crippen molar-refractivity contribution in [2.75, 3.05) is 0 Å². The van der Waals surface area contributed by atoms with Crippen LogP contribution in [0.3, 0.4) is 0 Å². The Morgan fingerprint density at radius 1 is 1.19 bits per heavy atom. The molecule has 0 aliphatic heterocycles. The van der Waals surface area contributed by atoms with Gasteiger partial charge in [-0.1, -0.05) is 31.6 Å². The second-order valence-electron chi connectivity index (χ2n) is 11.2. The number of carbonyl (C=O) groups excluding carboxylic acids is 1. The van der Waals surface area contributed by atoms with Gasteiger partial charge in [0.1, 0.15) is 0 Å². The predicted octanol–water partition coefficient (Wildman–Crippen LogP) is 5.24. The second kappa shape index (κ2) is 11.4. The number of nitrogens with one attached hydrogen (secondary N) is 3. The van der Waals surface area contributed by atoms with Crippen molar-refractivity contribution in [3.63, 3.8) is 0 Å². The third kappa shape index (κ3) is 5.81. The van der Waals surface area contributed by atoms with Crippen LogP contribution < -0.4 is 16.8 Å². The van der Waals surface area contributed by atoms with E-state index in [2.05, 4.69) is 36.5 Å². The van der Waals surface area contributed by atoms with E-state index in [4.69, 9.17) is 11.5 Å². The zero-order valence-corrected chi connectivity index (χ0v) is 23.7. The number of fused-ring (bicyclic) bond motifs is 2. The van der Waals surface area contributed by atoms with Gasteiger partial charge in [0.15, 0.2) is 5.65 Å². The van der Waals surface area contributed by atoms with Crippen LogP contribution in [0.2, 0.25) is 0 Å². The van der Waals surface area contributed by atoms with Crippen molar-refractivity contribution in [1.82, 2.24) is 30.5 Å². The highest BCUT2D eigenvalue weighted by atomic mass is 16.1. The third-order valence-corrected chi connectivity index (χ3v) is 7.29. The molecule has 4 aromatic heterocycles. The molecule has 2 aliphatic carbocycles. The lowest BCUT2D eigenvalue weighted by Crippen LogP contribution is -2.23. The number of H-pyrrole nitrogens is 2. The first-order valence-electron chi connectivity index (χ1n) is 14.1. The van der Waals surface area contributed by atoms with Crippen molar-refractivity contribution < 1.29 is 4.79 Å². The summed E-state index contributed by atoms with van der Waals surface area (Å²) in [6.45, 7) is 4.06. The summed E-state index contributed by atoms with van der Waals surface area (Å²) in [5.41, 5.74) is 23.2. The van der Waals surface area contributed by atoms with Crippen molar-refractivity contribution >= 4 is 28.1 Å². The van der Waals surface area contributed by atoms with Crippen LogP contribution in [-0.2, 0) is 11.2 Å². The van der Waals surface area contributed by atoms with E-state index < -0.39 is 0 Å². The molecule has 0 saturated heterocycles. The number of allylic oxidation sites excluding steroid dienone is 7. The Balaban J connectivity index is 1.37. The fourth-order valence-electron chi connectivity index (χ4n) is 5.12. The summed E-state index contributed by atoms with van der Waals surface area (Å²) in [7, 11) is 0. The smallest absolute Gasteiger partial charge is 0.224 e. The van der Waals surface area contributed by atoms with E-state index in [1.165, 1.54) is 5.57 Å². The molecule has 4 heterocycles. The zero-order valence-electron chi connectivity index (χ0n) is 23.7. The molecule has 212 valence electrons. The SMILES string of the molecule is CC(C)CC(=O)N/C(C=C1CC1)=C/C(=C\N)c1cnc2n[nH]c(-c3cc4c([nH]3)CC(N)=CC=C4c3cccnc3)c2c1. The Morgan fingerprint density at radius 3 is 2.79 bits per heavy atom. The monoisotopic (exact) mass is 558 g/mol. The van der Waals surface area contributed by atoms with Crippen molar-refractivity contribution in [3.8, 4) is 11.4 Å². The normalized spacial score (nSPS) is 15.3. The largest absolute Gasteiger partial charge is 0.404 e. The highest BCUT2D eigenvalue weighted by molar-refractivity contribution is 5.94. The molecule has 42 heavy (non-hydrogen) atoms. The van der Waals surface area contributed by atoms with Crippen molar-refractivity contribution in [3.05, 3.63) is 113 Å². The summed E-state index contributed by atoms with van der Waals surface area (Å²) in [5.74, 6) is 0.249. The molecular weight excluding hydrogens is 524 g/mol. The van der Waals surface area contributed by atoms with Gasteiger partial charge in [0.2, 0.25) is 5.91 Å². The first-order valence-corrected chi connectivity index (χ1v) is 14.1. The van der Waals surface area contributed by atoms with Gasteiger partial charge in [-0.25, -0.2) is 4.98 Å². The molecule has 9 nitrogen and oxygen atoms in total. The molecule has 7 N–H and O–H groups in total. The van der Waals surface area contributed by atoms with E-state index in [0.717, 1.165) is 74.5 Å². The molecule has 0 aromatic carbocycles. The number of aromatic nitrogens is 5. The summed E-state index contributed by atoms with van der Waals surface area (Å²) >= 11 is 0. The minimum atomic E-state index is -0.0162. The van der Waals surface area contributed by atoms with Crippen LogP contribution in [0.4, 0.5) is 0 Å². The molecular formula is C33H34N8O. The van der Waals surface area contributed by atoms with Crippen LogP contribution in [0.15, 0.2) is 90.3 Å². The lowest BCUT2D eigenvalue weighted by molar-refractivity contribution is -0.121. The maximum absolute atomic E-state index is 12.6. The maximum atomic E-state index is 12.6. The molecule has 1 amide bonds. The van der Waals surface area contributed by atoms with Crippen LogP contribution >= 0.6 is 0 Å². The van der Waals surface area contributed by atoms with E-state index >= 15 is 0 Å². The van der Waals surface area contributed by atoms with Crippen molar-refractivity contribution in [1.29, 1.82) is 0 Å². The van der Waals surface area contributed by atoms with E-state index in [-0.39, 0.29) is 11.8 Å². The van der Waals surface area contributed by atoms with Gasteiger partial charge in [0, 0.05) is 82.4 Å². The number of amides is 1. The molecule has 0 radical (unpaired) electrons. The highest BCUT2D eigenvalue weighted by Crippen LogP contribution is 2.35. The third-order valence-electron chi connectivity index (χ3n) is 7.29. The molecule has 0 unspecified atom stereocenters. The first kappa shape index (κ1) is 27.0. The molecule has 4 aromatic rings. The quantitative estimate of drug-likeness (QED) is 0.186. The average molecular weight is 559 g/mol. The summed E-state index contributed by atoms with van der Waals surface area (Å²) in [4.78, 5) is 25.1. The highest BCUT2D eigenvalue weighted by Gasteiger charge is 2.20. The molecule has 2 aliphatic rings. The molecule has 9 heteroatoms. The molecule has 0 atom stereocenters. The van der Waals surface area contributed by atoms with Gasteiger partial charge in [-0.15, -0.1) is 0 Å². The molecule has 0 bridgehead atoms. The van der Waals surface area contributed by atoms with Gasteiger partial charge in [-0.3, -0.25) is 14.9 Å².